The Morgan fingerprint density at radius 1 is 1.20 bits per heavy atom. The van der Waals surface area contributed by atoms with Crippen molar-refractivity contribution in [3.63, 3.8) is 0 Å². The van der Waals surface area contributed by atoms with E-state index in [2.05, 4.69) is 0 Å². The van der Waals surface area contributed by atoms with Crippen molar-refractivity contribution in [2.24, 2.45) is 17.6 Å². The summed E-state index contributed by atoms with van der Waals surface area (Å²) < 4.78 is 0. The van der Waals surface area contributed by atoms with Crippen molar-refractivity contribution in [3.05, 3.63) is 0 Å². The molecule has 0 aliphatic heterocycles. The Morgan fingerprint density at radius 3 is 2.13 bits per heavy atom. The van der Waals surface area contributed by atoms with E-state index in [4.69, 9.17) is 5.73 Å². The first-order valence-corrected chi connectivity index (χ1v) is 6.21. The third-order valence-electron chi connectivity index (χ3n) is 3.60. The normalized spacial score (nSPS) is 26.3. The summed E-state index contributed by atoms with van der Waals surface area (Å²) in [6, 6.07) is 0. The summed E-state index contributed by atoms with van der Waals surface area (Å²) in [7, 11) is 0. The molecule has 2 N–H and O–H groups in total. The zero-order chi connectivity index (χ0) is 11.3. The molecule has 0 heterocycles. The summed E-state index contributed by atoms with van der Waals surface area (Å²) in [4.78, 5) is 14.0. The van der Waals surface area contributed by atoms with E-state index in [-0.39, 0.29) is 5.92 Å². The van der Waals surface area contributed by atoms with Crippen LogP contribution in [0, 0.1) is 11.8 Å². The summed E-state index contributed by atoms with van der Waals surface area (Å²) >= 11 is 0. The lowest BCUT2D eigenvalue weighted by molar-refractivity contribution is -0.136. The first-order chi connectivity index (χ1) is 7.22. The van der Waals surface area contributed by atoms with Gasteiger partial charge in [-0.05, 0) is 52.0 Å². The molecule has 0 radical (unpaired) electrons. The molecule has 1 fully saturated rings. The van der Waals surface area contributed by atoms with Gasteiger partial charge in [0.2, 0.25) is 5.91 Å². The van der Waals surface area contributed by atoms with Crippen LogP contribution in [0.15, 0.2) is 0 Å². The fourth-order valence-corrected chi connectivity index (χ4v) is 2.44. The van der Waals surface area contributed by atoms with Gasteiger partial charge in [-0.2, -0.15) is 0 Å². The van der Waals surface area contributed by atoms with Crippen LogP contribution in [-0.2, 0) is 4.79 Å². The fraction of sp³-hybridized carbons (Fsp3) is 0.917. The number of hydrogen-bond acceptors (Lipinski definition) is 2. The largest absolute Gasteiger partial charge is 0.343 e. The second-order valence-corrected chi connectivity index (χ2v) is 4.46. The van der Waals surface area contributed by atoms with Crippen LogP contribution < -0.4 is 5.73 Å². The predicted molar refractivity (Wildman–Crippen MR) is 62.4 cm³/mol. The van der Waals surface area contributed by atoms with Crippen LogP contribution in [-0.4, -0.2) is 30.4 Å². The van der Waals surface area contributed by atoms with Crippen molar-refractivity contribution in [1.29, 1.82) is 0 Å². The second kappa shape index (κ2) is 6.11. The molecule has 1 amide bonds. The SMILES string of the molecule is CCN(CC)C(=O)[C@H]1CC[C@H](CN)CC1. The second-order valence-electron chi connectivity index (χ2n) is 4.46. The van der Waals surface area contributed by atoms with Crippen molar-refractivity contribution in [3.8, 4) is 0 Å². The maximum absolute atomic E-state index is 12.1. The van der Waals surface area contributed by atoms with E-state index in [1.807, 2.05) is 18.7 Å². The average molecular weight is 212 g/mol. The maximum atomic E-state index is 12.1. The van der Waals surface area contributed by atoms with Gasteiger partial charge >= 0.3 is 0 Å². The third-order valence-corrected chi connectivity index (χ3v) is 3.60. The average Bonchev–Trinajstić information content (AvgIpc) is 2.30. The molecule has 0 bridgehead atoms. The lowest BCUT2D eigenvalue weighted by Gasteiger charge is -2.30. The molecule has 1 rings (SSSR count). The topological polar surface area (TPSA) is 46.3 Å². The van der Waals surface area contributed by atoms with E-state index in [1.54, 1.807) is 0 Å². The molecule has 0 atom stereocenters. The zero-order valence-electron chi connectivity index (χ0n) is 10.0. The Hall–Kier alpha value is -0.570. The molecule has 1 aliphatic rings. The van der Waals surface area contributed by atoms with E-state index in [1.165, 1.54) is 0 Å². The third kappa shape index (κ3) is 3.20. The minimum absolute atomic E-state index is 0.271. The molecule has 0 unspecified atom stereocenters. The van der Waals surface area contributed by atoms with E-state index >= 15 is 0 Å². The Balaban J connectivity index is 2.42. The highest BCUT2D eigenvalue weighted by Crippen LogP contribution is 2.29. The van der Waals surface area contributed by atoms with Crippen LogP contribution in [0.25, 0.3) is 0 Å². The molecule has 0 aromatic heterocycles. The van der Waals surface area contributed by atoms with Crippen LogP contribution in [0.3, 0.4) is 0 Å². The number of hydrogen-bond donors (Lipinski definition) is 1. The van der Waals surface area contributed by atoms with Gasteiger partial charge in [-0.15, -0.1) is 0 Å². The number of amides is 1. The first-order valence-electron chi connectivity index (χ1n) is 6.21. The van der Waals surface area contributed by atoms with E-state index in [9.17, 15) is 4.79 Å². The molecule has 0 saturated heterocycles. The summed E-state index contributed by atoms with van der Waals surface area (Å²) in [6.07, 6.45) is 4.34. The zero-order valence-corrected chi connectivity index (χ0v) is 10.0. The first kappa shape index (κ1) is 12.5. The van der Waals surface area contributed by atoms with Gasteiger partial charge < -0.3 is 10.6 Å². The van der Waals surface area contributed by atoms with Crippen molar-refractivity contribution < 1.29 is 4.79 Å². The van der Waals surface area contributed by atoms with Crippen LogP contribution in [0.4, 0.5) is 0 Å². The molecule has 0 aromatic carbocycles. The molecule has 0 aromatic rings. The standard InChI is InChI=1S/C12H24N2O/c1-3-14(4-2)12(15)11-7-5-10(9-13)6-8-11/h10-11H,3-9,13H2,1-2H3/t10-,11-. The molecule has 1 aliphatic carbocycles. The van der Waals surface area contributed by atoms with Gasteiger partial charge in [-0.1, -0.05) is 0 Å². The molecule has 88 valence electrons. The quantitative estimate of drug-likeness (QED) is 0.769. The van der Waals surface area contributed by atoms with E-state index < -0.39 is 0 Å². The van der Waals surface area contributed by atoms with Gasteiger partial charge in [-0.25, -0.2) is 0 Å². The minimum Gasteiger partial charge on any atom is -0.343 e. The maximum Gasteiger partial charge on any atom is 0.225 e. The highest BCUT2D eigenvalue weighted by molar-refractivity contribution is 5.78. The minimum atomic E-state index is 0.271. The molecule has 3 nitrogen and oxygen atoms in total. The number of nitrogens with two attached hydrogens (primary N) is 1. The van der Waals surface area contributed by atoms with Crippen molar-refractivity contribution in [2.75, 3.05) is 19.6 Å². The van der Waals surface area contributed by atoms with Crippen LogP contribution in [0.5, 0.6) is 0 Å². The van der Waals surface area contributed by atoms with Crippen molar-refractivity contribution >= 4 is 5.91 Å². The number of carbonyl (C=O) groups excluding carboxylic acids is 1. The summed E-state index contributed by atoms with van der Waals surface area (Å²) in [5.74, 6) is 1.29. The van der Waals surface area contributed by atoms with Crippen molar-refractivity contribution in [2.45, 2.75) is 39.5 Å². The lowest BCUT2D eigenvalue weighted by atomic mass is 9.81. The van der Waals surface area contributed by atoms with E-state index in [0.717, 1.165) is 45.3 Å². The molecular formula is C12H24N2O. The molecule has 3 heteroatoms. The monoisotopic (exact) mass is 212 g/mol. The Morgan fingerprint density at radius 2 is 1.73 bits per heavy atom. The Labute approximate surface area is 93.0 Å². The van der Waals surface area contributed by atoms with Crippen LogP contribution in [0.1, 0.15) is 39.5 Å². The summed E-state index contributed by atoms with van der Waals surface area (Å²) in [5.41, 5.74) is 5.64. The van der Waals surface area contributed by atoms with Gasteiger partial charge in [-0.3, -0.25) is 4.79 Å². The van der Waals surface area contributed by atoms with Gasteiger partial charge in [0.15, 0.2) is 0 Å². The lowest BCUT2D eigenvalue weighted by Crippen LogP contribution is -2.38. The molecular weight excluding hydrogens is 188 g/mol. The van der Waals surface area contributed by atoms with Gasteiger partial charge in [0.05, 0.1) is 0 Å². The molecule has 0 spiro atoms. The summed E-state index contributed by atoms with van der Waals surface area (Å²) in [5, 5.41) is 0. The highest BCUT2D eigenvalue weighted by Gasteiger charge is 2.27. The van der Waals surface area contributed by atoms with Gasteiger partial charge in [0.25, 0.3) is 0 Å². The Kier molecular flexibility index (Phi) is 5.09. The summed E-state index contributed by atoms with van der Waals surface area (Å²) in [6.45, 7) is 6.56. The number of nitrogens with zero attached hydrogens (tertiary/aromatic N) is 1. The Bertz CT molecular complexity index is 194. The smallest absolute Gasteiger partial charge is 0.225 e. The van der Waals surface area contributed by atoms with Crippen LogP contribution in [0.2, 0.25) is 0 Å². The highest BCUT2D eigenvalue weighted by atomic mass is 16.2. The predicted octanol–water partition coefficient (Wildman–Crippen LogP) is 1.62. The molecule has 1 saturated carbocycles. The van der Waals surface area contributed by atoms with Gasteiger partial charge in [0.1, 0.15) is 0 Å². The molecule has 15 heavy (non-hydrogen) atoms. The number of rotatable bonds is 4. The van der Waals surface area contributed by atoms with Crippen molar-refractivity contribution in [1.82, 2.24) is 4.90 Å². The van der Waals surface area contributed by atoms with Gasteiger partial charge in [0, 0.05) is 19.0 Å². The fourth-order valence-electron chi connectivity index (χ4n) is 2.44. The van der Waals surface area contributed by atoms with Crippen LogP contribution >= 0.6 is 0 Å². The van der Waals surface area contributed by atoms with E-state index in [0.29, 0.717) is 11.8 Å². The number of carbonyl (C=O) groups is 1.